The predicted molar refractivity (Wildman–Crippen MR) is 104 cm³/mol. The number of hydrogen-bond acceptors (Lipinski definition) is 7. The number of esters is 2. The minimum Gasteiger partial charge on any atom is -0.493 e. The molecule has 2 aromatic rings. The van der Waals surface area contributed by atoms with Crippen LogP contribution < -0.4 is 14.8 Å². The Labute approximate surface area is 168 Å². The summed E-state index contributed by atoms with van der Waals surface area (Å²) < 4.78 is 20.0. The van der Waals surface area contributed by atoms with Crippen LogP contribution in [0.4, 0.5) is 0 Å². The second-order valence-electron chi connectivity index (χ2n) is 5.93. The van der Waals surface area contributed by atoms with Crippen LogP contribution in [-0.4, -0.2) is 52.3 Å². The highest BCUT2D eigenvalue weighted by atomic mass is 16.5. The summed E-state index contributed by atoms with van der Waals surface area (Å²) >= 11 is 0. The maximum absolute atomic E-state index is 12.0. The van der Waals surface area contributed by atoms with Gasteiger partial charge in [0.1, 0.15) is 0 Å². The van der Waals surface area contributed by atoms with Crippen LogP contribution in [-0.2, 0) is 20.7 Å². The van der Waals surface area contributed by atoms with Crippen LogP contribution in [0.25, 0.3) is 0 Å². The molecule has 2 aromatic carbocycles. The summed E-state index contributed by atoms with van der Waals surface area (Å²) in [5.41, 5.74) is 1.51. The van der Waals surface area contributed by atoms with Crippen molar-refractivity contribution in [2.45, 2.75) is 6.42 Å². The maximum Gasteiger partial charge on any atom is 0.338 e. The molecule has 0 aliphatic rings. The van der Waals surface area contributed by atoms with E-state index in [1.54, 1.807) is 20.3 Å². The lowest BCUT2D eigenvalue weighted by Gasteiger charge is -2.10. The highest BCUT2D eigenvalue weighted by Gasteiger charge is 2.12. The van der Waals surface area contributed by atoms with Crippen molar-refractivity contribution in [3.8, 4) is 11.5 Å². The van der Waals surface area contributed by atoms with Gasteiger partial charge < -0.3 is 24.3 Å². The zero-order chi connectivity index (χ0) is 21.2. The number of benzene rings is 2. The molecule has 0 aromatic heterocycles. The highest BCUT2D eigenvalue weighted by molar-refractivity contribution is 5.94. The van der Waals surface area contributed by atoms with Gasteiger partial charge in [-0.3, -0.25) is 4.79 Å². The largest absolute Gasteiger partial charge is 0.493 e. The lowest BCUT2D eigenvalue weighted by Crippen LogP contribution is -2.30. The average Bonchev–Trinajstić information content (AvgIpc) is 2.76. The van der Waals surface area contributed by atoms with Crippen LogP contribution in [0.5, 0.6) is 11.5 Å². The normalized spacial score (nSPS) is 10.0. The summed E-state index contributed by atoms with van der Waals surface area (Å²) in [6.45, 7) is -0.0246. The van der Waals surface area contributed by atoms with E-state index in [-0.39, 0.29) is 5.56 Å². The van der Waals surface area contributed by atoms with Crippen molar-refractivity contribution < 1.29 is 33.3 Å². The van der Waals surface area contributed by atoms with Crippen molar-refractivity contribution in [3.63, 3.8) is 0 Å². The molecule has 29 heavy (non-hydrogen) atoms. The summed E-state index contributed by atoms with van der Waals surface area (Å²) in [6, 6.07) is 11.3. The van der Waals surface area contributed by atoms with Crippen LogP contribution in [0.3, 0.4) is 0 Å². The first-order valence-corrected chi connectivity index (χ1v) is 8.81. The molecule has 0 atom stereocenters. The molecule has 0 aliphatic heterocycles. The van der Waals surface area contributed by atoms with E-state index < -0.39 is 24.5 Å². The Kier molecular flexibility index (Phi) is 8.02. The molecule has 0 unspecified atom stereocenters. The molecule has 0 bridgehead atoms. The first kappa shape index (κ1) is 21.7. The zero-order valence-electron chi connectivity index (χ0n) is 16.5. The van der Waals surface area contributed by atoms with Crippen molar-refractivity contribution in [1.29, 1.82) is 0 Å². The van der Waals surface area contributed by atoms with Crippen molar-refractivity contribution in [2.75, 3.05) is 34.5 Å². The molecule has 0 radical (unpaired) electrons. The standard InChI is InChI=1S/C21H23NO7/c1-26-17-9-4-14(12-18(17)27-2)10-11-22-19(23)13-29-21(25)16-7-5-15(6-8-16)20(24)28-3/h4-9,12H,10-11,13H2,1-3H3,(H,22,23). The van der Waals surface area contributed by atoms with E-state index in [1.165, 1.54) is 31.4 Å². The van der Waals surface area contributed by atoms with Gasteiger partial charge in [0.25, 0.3) is 5.91 Å². The first-order chi connectivity index (χ1) is 14.0. The zero-order valence-corrected chi connectivity index (χ0v) is 16.5. The topological polar surface area (TPSA) is 100 Å². The predicted octanol–water partition coefficient (Wildman–Crippen LogP) is 2.01. The molecule has 0 fully saturated rings. The molecule has 0 aliphatic carbocycles. The van der Waals surface area contributed by atoms with E-state index in [0.717, 1.165) is 5.56 Å². The second kappa shape index (κ2) is 10.7. The Morgan fingerprint density at radius 2 is 1.45 bits per heavy atom. The Bertz CT molecular complexity index is 862. The van der Waals surface area contributed by atoms with Crippen molar-refractivity contribution in [1.82, 2.24) is 5.32 Å². The van der Waals surface area contributed by atoms with Crippen molar-refractivity contribution >= 4 is 17.8 Å². The van der Waals surface area contributed by atoms with Gasteiger partial charge in [-0.25, -0.2) is 9.59 Å². The summed E-state index contributed by atoms with van der Waals surface area (Å²) in [5.74, 6) is -0.324. The second-order valence-corrected chi connectivity index (χ2v) is 5.93. The molecule has 8 heteroatoms. The van der Waals surface area contributed by atoms with Gasteiger partial charge in [0.05, 0.1) is 32.5 Å². The Morgan fingerprint density at radius 3 is 2.03 bits per heavy atom. The van der Waals surface area contributed by atoms with Gasteiger partial charge in [-0.1, -0.05) is 6.07 Å². The smallest absolute Gasteiger partial charge is 0.338 e. The van der Waals surface area contributed by atoms with Gasteiger partial charge in [0.15, 0.2) is 18.1 Å². The fourth-order valence-corrected chi connectivity index (χ4v) is 2.51. The van der Waals surface area contributed by atoms with E-state index >= 15 is 0 Å². The monoisotopic (exact) mass is 401 g/mol. The Balaban J connectivity index is 1.77. The number of hydrogen-bond donors (Lipinski definition) is 1. The fraction of sp³-hybridized carbons (Fsp3) is 0.286. The number of methoxy groups -OCH3 is 3. The number of rotatable bonds is 9. The van der Waals surface area contributed by atoms with Crippen molar-refractivity contribution in [2.24, 2.45) is 0 Å². The molecule has 0 spiro atoms. The van der Waals surface area contributed by atoms with E-state index in [9.17, 15) is 14.4 Å². The van der Waals surface area contributed by atoms with E-state index in [4.69, 9.17) is 14.2 Å². The summed E-state index contributed by atoms with van der Waals surface area (Å²) in [7, 11) is 4.39. The molecule has 0 saturated carbocycles. The highest BCUT2D eigenvalue weighted by Crippen LogP contribution is 2.27. The lowest BCUT2D eigenvalue weighted by atomic mass is 10.1. The number of carbonyl (C=O) groups excluding carboxylic acids is 3. The van der Waals surface area contributed by atoms with Gasteiger partial charge in [-0.15, -0.1) is 0 Å². The third kappa shape index (κ3) is 6.24. The van der Waals surface area contributed by atoms with Gasteiger partial charge >= 0.3 is 11.9 Å². The van der Waals surface area contributed by atoms with Gasteiger partial charge in [0, 0.05) is 6.54 Å². The number of nitrogens with one attached hydrogen (secondary N) is 1. The third-order valence-electron chi connectivity index (χ3n) is 4.06. The lowest BCUT2D eigenvalue weighted by molar-refractivity contribution is -0.124. The first-order valence-electron chi connectivity index (χ1n) is 8.81. The molecule has 8 nitrogen and oxygen atoms in total. The Hall–Kier alpha value is -3.55. The molecule has 1 N–H and O–H groups in total. The van der Waals surface area contributed by atoms with Crippen LogP contribution in [0.2, 0.25) is 0 Å². The average molecular weight is 401 g/mol. The minimum atomic E-state index is -0.656. The summed E-state index contributed by atoms with van der Waals surface area (Å²) in [5, 5.41) is 2.69. The van der Waals surface area contributed by atoms with Crippen LogP contribution >= 0.6 is 0 Å². The molecule has 0 saturated heterocycles. The molecular formula is C21H23NO7. The molecule has 1 amide bonds. The number of amides is 1. The van der Waals surface area contributed by atoms with Gasteiger partial charge in [0.2, 0.25) is 0 Å². The summed E-state index contributed by atoms with van der Waals surface area (Å²) in [4.78, 5) is 35.2. The molecule has 0 heterocycles. The minimum absolute atomic E-state index is 0.232. The van der Waals surface area contributed by atoms with E-state index in [1.807, 2.05) is 12.1 Å². The molecule has 2 rings (SSSR count). The van der Waals surface area contributed by atoms with Gasteiger partial charge in [-0.05, 0) is 48.4 Å². The third-order valence-corrected chi connectivity index (χ3v) is 4.06. The van der Waals surface area contributed by atoms with Crippen molar-refractivity contribution in [3.05, 3.63) is 59.2 Å². The molecular weight excluding hydrogens is 378 g/mol. The molecule has 154 valence electrons. The van der Waals surface area contributed by atoms with Crippen LogP contribution in [0.15, 0.2) is 42.5 Å². The quantitative estimate of drug-likeness (QED) is 0.642. The fourth-order valence-electron chi connectivity index (χ4n) is 2.51. The van der Waals surface area contributed by atoms with E-state index in [0.29, 0.717) is 30.0 Å². The Morgan fingerprint density at radius 1 is 0.828 bits per heavy atom. The summed E-state index contributed by atoms with van der Waals surface area (Å²) in [6.07, 6.45) is 0.578. The van der Waals surface area contributed by atoms with Crippen LogP contribution in [0.1, 0.15) is 26.3 Å². The van der Waals surface area contributed by atoms with Gasteiger partial charge in [-0.2, -0.15) is 0 Å². The maximum atomic E-state index is 12.0. The SMILES string of the molecule is COC(=O)c1ccc(C(=O)OCC(=O)NCCc2ccc(OC)c(OC)c2)cc1. The van der Waals surface area contributed by atoms with Crippen LogP contribution in [0, 0.1) is 0 Å². The number of ether oxygens (including phenoxy) is 4. The van der Waals surface area contributed by atoms with E-state index in [2.05, 4.69) is 10.1 Å². The number of carbonyl (C=O) groups is 3.